The maximum atomic E-state index is 4.55. The monoisotopic (exact) mass is 405 g/mol. The fraction of sp³-hybridized carbons (Fsp3) is 0.538. The molecule has 2 aromatic heterocycles. The quantitative estimate of drug-likeness (QED) is 0.469. The van der Waals surface area contributed by atoms with Crippen molar-refractivity contribution in [3.8, 4) is 0 Å². The zero-order valence-electron chi connectivity index (χ0n) is 11.5. The van der Waals surface area contributed by atoms with Crippen LogP contribution in [0.3, 0.4) is 0 Å². The molecule has 0 atom stereocenters. The Balaban J connectivity index is 0.00000147. The first-order chi connectivity index (χ1) is 9.35. The van der Waals surface area contributed by atoms with Gasteiger partial charge in [0.15, 0.2) is 10.9 Å². The number of guanidine groups is 1. The molecule has 0 saturated heterocycles. The first kappa shape index (κ1) is 15.6. The highest BCUT2D eigenvalue weighted by molar-refractivity contribution is 14.0. The van der Waals surface area contributed by atoms with Crippen molar-refractivity contribution < 1.29 is 0 Å². The molecule has 0 unspecified atom stereocenters. The zero-order valence-corrected chi connectivity index (χ0v) is 14.6. The largest absolute Gasteiger partial charge is 0.354 e. The lowest BCUT2D eigenvalue weighted by molar-refractivity contribution is 0.613. The van der Waals surface area contributed by atoms with Gasteiger partial charge in [-0.05, 0) is 12.8 Å². The lowest BCUT2D eigenvalue weighted by atomic mass is 10.2. The van der Waals surface area contributed by atoms with E-state index in [9.17, 15) is 0 Å². The normalized spacial score (nSPS) is 16.4. The Morgan fingerprint density at radius 2 is 2.30 bits per heavy atom. The third-order valence-corrected chi connectivity index (χ3v) is 4.27. The second-order valence-electron chi connectivity index (χ2n) is 4.88. The number of halogens is 1. The van der Waals surface area contributed by atoms with Crippen molar-refractivity contribution in [3.63, 3.8) is 0 Å². The molecule has 1 saturated carbocycles. The molecule has 0 spiro atoms. The molecule has 2 heterocycles. The first-order valence-electron chi connectivity index (χ1n) is 6.73. The van der Waals surface area contributed by atoms with Gasteiger partial charge in [0.2, 0.25) is 0 Å². The van der Waals surface area contributed by atoms with Crippen LogP contribution in [0.5, 0.6) is 0 Å². The van der Waals surface area contributed by atoms with Crippen LogP contribution in [-0.2, 0) is 6.54 Å². The summed E-state index contributed by atoms with van der Waals surface area (Å²) in [5.41, 5.74) is 1.04. The number of thiazole rings is 1. The lowest BCUT2D eigenvalue weighted by Crippen LogP contribution is -2.41. The standard InChI is InChI=1S/C13H19N5S.HI/c1-14-12(16-10-4-2-3-5-10)15-8-11-9-18-6-7-19-13(18)17-11;/h6-7,9-10H,2-5,8H2,1H3,(H2,14,15,16);1H. The number of fused-ring (bicyclic) bond motifs is 1. The van der Waals surface area contributed by atoms with Gasteiger partial charge < -0.3 is 10.6 Å². The highest BCUT2D eigenvalue weighted by Crippen LogP contribution is 2.17. The summed E-state index contributed by atoms with van der Waals surface area (Å²) >= 11 is 1.65. The molecule has 0 radical (unpaired) electrons. The summed E-state index contributed by atoms with van der Waals surface area (Å²) in [6.07, 6.45) is 9.24. The molecule has 110 valence electrons. The molecule has 2 N–H and O–H groups in total. The number of hydrogen-bond donors (Lipinski definition) is 2. The van der Waals surface area contributed by atoms with Gasteiger partial charge in [-0.15, -0.1) is 35.3 Å². The molecule has 0 amide bonds. The summed E-state index contributed by atoms with van der Waals surface area (Å²) in [7, 11) is 1.82. The Labute approximate surface area is 139 Å². The van der Waals surface area contributed by atoms with E-state index in [0.717, 1.165) is 16.6 Å². The Morgan fingerprint density at radius 3 is 3.00 bits per heavy atom. The van der Waals surface area contributed by atoms with Crippen molar-refractivity contribution >= 4 is 46.2 Å². The predicted octanol–water partition coefficient (Wildman–Crippen LogP) is 2.62. The van der Waals surface area contributed by atoms with Gasteiger partial charge in [-0.25, -0.2) is 4.98 Å². The Kier molecular flexibility index (Phi) is 5.64. The minimum absolute atomic E-state index is 0. The van der Waals surface area contributed by atoms with E-state index < -0.39 is 0 Å². The molecule has 0 bridgehead atoms. The van der Waals surface area contributed by atoms with Crippen LogP contribution >= 0.6 is 35.3 Å². The number of aromatic nitrogens is 2. The van der Waals surface area contributed by atoms with Gasteiger partial charge in [0.25, 0.3) is 0 Å². The van der Waals surface area contributed by atoms with E-state index in [-0.39, 0.29) is 24.0 Å². The zero-order chi connectivity index (χ0) is 13.1. The van der Waals surface area contributed by atoms with Crippen molar-refractivity contribution in [1.82, 2.24) is 20.0 Å². The third-order valence-electron chi connectivity index (χ3n) is 3.50. The molecule has 1 fully saturated rings. The molecule has 0 aromatic carbocycles. The van der Waals surface area contributed by atoms with Crippen molar-refractivity contribution in [2.45, 2.75) is 38.3 Å². The lowest BCUT2D eigenvalue weighted by Gasteiger charge is -2.16. The highest BCUT2D eigenvalue weighted by Gasteiger charge is 2.15. The molecule has 1 aliphatic carbocycles. The molecule has 1 aliphatic rings. The number of imidazole rings is 1. The summed E-state index contributed by atoms with van der Waals surface area (Å²) in [5, 5.41) is 8.84. The number of aliphatic imine (C=N–C) groups is 1. The van der Waals surface area contributed by atoms with E-state index in [1.54, 1.807) is 11.3 Å². The van der Waals surface area contributed by atoms with Gasteiger partial charge in [-0.1, -0.05) is 12.8 Å². The molecule has 3 rings (SSSR count). The number of nitrogens with zero attached hydrogens (tertiary/aromatic N) is 3. The Hall–Kier alpha value is -0.830. The van der Waals surface area contributed by atoms with Crippen LogP contribution in [0, 0.1) is 0 Å². The summed E-state index contributed by atoms with van der Waals surface area (Å²) < 4.78 is 2.05. The Bertz CT molecular complexity index is 542. The molecule has 0 aliphatic heterocycles. The SMILES string of the molecule is CN=C(NCc1cn2ccsc2n1)NC1CCCC1.I. The second kappa shape index (κ2) is 7.26. The minimum Gasteiger partial charge on any atom is -0.354 e. The van der Waals surface area contributed by atoms with Crippen LogP contribution in [0.1, 0.15) is 31.4 Å². The fourth-order valence-corrected chi connectivity index (χ4v) is 3.21. The maximum Gasteiger partial charge on any atom is 0.193 e. The third kappa shape index (κ3) is 3.63. The number of hydrogen-bond acceptors (Lipinski definition) is 3. The predicted molar refractivity (Wildman–Crippen MR) is 94.1 cm³/mol. The summed E-state index contributed by atoms with van der Waals surface area (Å²) in [5.74, 6) is 0.878. The first-order valence-corrected chi connectivity index (χ1v) is 7.61. The van der Waals surface area contributed by atoms with Gasteiger partial charge in [0, 0.05) is 30.9 Å². The van der Waals surface area contributed by atoms with Crippen LogP contribution in [0.15, 0.2) is 22.8 Å². The van der Waals surface area contributed by atoms with E-state index >= 15 is 0 Å². The van der Waals surface area contributed by atoms with Crippen molar-refractivity contribution in [3.05, 3.63) is 23.5 Å². The van der Waals surface area contributed by atoms with E-state index in [4.69, 9.17) is 0 Å². The number of rotatable bonds is 3. The van der Waals surface area contributed by atoms with Crippen LogP contribution in [0.25, 0.3) is 4.96 Å². The van der Waals surface area contributed by atoms with Crippen LogP contribution in [0.4, 0.5) is 0 Å². The van der Waals surface area contributed by atoms with Gasteiger partial charge in [-0.3, -0.25) is 9.39 Å². The smallest absolute Gasteiger partial charge is 0.193 e. The molecular weight excluding hydrogens is 385 g/mol. The van der Waals surface area contributed by atoms with Gasteiger partial charge in [0.1, 0.15) is 0 Å². The highest BCUT2D eigenvalue weighted by atomic mass is 127. The van der Waals surface area contributed by atoms with E-state index in [1.807, 2.05) is 18.6 Å². The van der Waals surface area contributed by atoms with E-state index in [1.165, 1.54) is 25.7 Å². The molecule has 2 aromatic rings. The van der Waals surface area contributed by atoms with Gasteiger partial charge in [-0.2, -0.15) is 0 Å². The number of nitrogens with one attached hydrogen (secondary N) is 2. The van der Waals surface area contributed by atoms with Crippen LogP contribution in [0.2, 0.25) is 0 Å². The van der Waals surface area contributed by atoms with Crippen LogP contribution < -0.4 is 10.6 Å². The van der Waals surface area contributed by atoms with Crippen LogP contribution in [-0.4, -0.2) is 28.4 Å². The molecule has 20 heavy (non-hydrogen) atoms. The van der Waals surface area contributed by atoms with Crippen molar-refractivity contribution in [1.29, 1.82) is 0 Å². The van der Waals surface area contributed by atoms with Crippen molar-refractivity contribution in [2.75, 3.05) is 7.05 Å². The van der Waals surface area contributed by atoms with Crippen molar-refractivity contribution in [2.24, 2.45) is 4.99 Å². The Morgan fingerprint density at radius 1 is 1.50 bits per heavy atom. The molecular formula is C13H20IN5S. The summed E-state index contributed by atoms with van der Waals surface area (Å²) in [4.78, 5) is 9.86. The fourth-order valence-electron chi connectivity index (χ4n) is 2.49. The van der Waals surface area contributed by atoms with E-state index in [2.05, 4.69) is 31.2 Å². The van der Waals surface area contributed by atoms with Gasteiger partial charge >= 0.3 is 0 Å². The van der Waals surface area contributed by atoms with E-state index in [0.29, 0.717) is 12.6 Å². The maximum absolute atomic E-state index is 4.55. The second-order valence-corrected chi connectivity index (χ2v) is 5.75. The molecule has 7 heteroatoms. The average molecular weight is 405 g/mol. The minimum atomic E-state index is 0. The summed E-state index contributed by atoms with van der Waals surface area (Å²) in [6, 6.07) is 0.580. The average Bonchev–Trinajstić information content (AvgIpc) is 3.10. The van der Waals surface area contributed by atoms with Gasteiger partial charge in [0.05, 0.1) is 12.2 Å². The molecule has 5 nitrogen and oxygen atoms in total. The summed E-state index contributed by atoms with van der Waals surface area (Å²) in [6.45, 7) is 0.709. The topological polar surface area (TPSA) is 53.7 Å².